The molecule has 0 radical (unpaired) electrons. The molecule has 1 aromatic rings. The highest BCUT2D eigenvalue weighted by Crippen LogP contribution is 2.48. The molecule has 0 aliphatic heterocycles. The van der Waals surface area contributed by atoms with Gasteiger partial charge in [0.05, 0.1) is 0 Å². The Balaban J connectivity index is 2.08. The van der Waals surface area contributed by atoms with Gasteiger partial charge in [0.25, 0.3) is 0 Å². The van der Waals surface area contributed by atoms with E-state index in [1.54, 1.807) is 5.56 Å². The van der Waals surface area contributed by atoms with Crippen molar-refractivity contribution < 1.29 is 0 Å². The van der Waals surface area contributed by atoms with Gasteiger partial charge < -0.3 is 5.32 Å². The molecular formula is C20H33N. The molecular weight excluding hydrogens is 254 g/mol. The molecule has 0 spiro atoms. The number of nitrogens with one attached hydrogen (secondary N) is 1. The predicted molar refractivity (Wildman–Crippen MR) is 92.9 cm³/mol. The van der Waals surface area contributed by atoms with E-state index in [9.17, 15) is 0 Å². The molecule has 0 bridgehead atoms. The SMILES string of the molecule is CCC1CC(CNCC(C)C)(c2ccc(C(C)C)cc2)C1. The van der Waals surface area contributed by atoms with Crippen molar-refractivity contribution in [2.45, 2.75) is 65.2 Å². The molecule has 2 rings (SSSR count). The Bertz CT molecular complexity index is 424. The molecule has 0 unspecified atom stereocenters. The zero-order valence-corrected chi connectivity index (χ0v) is 14.6. The van der Waals surface area contributed by atoms with Gasteiger partial charge in [0, 0.05) is 12.0 Å². The van der Waals surface area contributed by atoms with Gasteiger partial charge in [-0.15, -0.1) is 0 Å². The van der Waals surface area contributed by atoms with Gasteiger partial charge in [0.1, 0.15) is 0 Å². The molecule has 1 aliphatic carbocycles. The van der Waals surface area contributed by atoms with Crippen LogP contribution >= 0.6 is 0 Å². The normalized spacial score (nSPS) is 25.4. The molecule has 0 amide bonds. The van der Waals surface area contributed by atoms with Crippen LogP contribution in [0, 0.1) is 11.8 Å². The van der Waals surface area contributed by atoms with E-state index >= 15 is 0 Å². The van der Waals surface area contributed by atoms with Gasteiger partial charge in [-0.1, -0.05) is 65.3 Å². The molecule has 0 aromatic heterocycles. The Labute approximate surface area is 131 Å². The zero-order valence-electron chi connectivity index (χ0n) is 14.6. The molecule has 1 N–H and O–H groups in total. The molecule has 1 aliphatic rings. The van der Waals surface area contributed by atoms with Gasteiger partial charge in [0.15, 0.2) is 0 Å². The fraction of sp³-hybridized carbons (Fsp3) is 0.700. The highest BCUT2D eigenvalue weighted by atomic mass is 14.9. The number of benzene rings is 1. The summed E-state index contributed by atoms with van der Waals surface area (Å²) in [5.41, 5.74) is 3.40. The Morgan fingerprint density at radius 2 is 1.71 bits per heavy atom. The van der Waals surface area contributed by atoms with Crippen molar-refractivity contribution in [3.8, 4) is 0 Å². The van der Waals surface area contributed by atoms with Crippen LogP contribution in [0.4, 0.5) is 0 Å². The monoisotopic (exact) mass is 287 g/mol. The van der Waals surface area contributed by atoms with Gasteiger partial charge >= 0.3 is 0 Å². The first-order valence-corrected chi connectivity index (χ1v) is 8.78. The summed E-state index contributed by atoms with van der Waals surface area (Å²) in [6, 6.07) is 9.45. The number of hydrogen-bond donors (Lipinski definition) is 1. The summed E-state index contributed by atoms with van der Waals surface area (Å²) >= 11 is 0. The molecule has 0 atom stereocenters. The highest BCUT2D eigenvalue weighted by Gasteiger charge is 2.44. The van der Waals surface area contributed by atoms with Crippen molar-refractivity contribution in [1.29, 1.82) is 0 Å². The average Bonchev–Trinajstić information content (AvgIpc) is 2.41. The fourth-order valence-electron chi connectivity index (χ4n) is 3.64. The van der Waals surface area contributed by atoms with E-state index in [-0.39, 0.29) is 0 Å². The maximum atomic E-state index is 3.71. The van der Waals surface area contributed by atoms with E-state index in [0.29, 0.717) is 11.3 Å². The second-order valence-electron chi connectivity index (χ2n) is 7.76. The second-order valence-corrected chi connectivity index (χ2v) is 7.76. The first kappa shape index (κ1) is 16.5. The quantitative estimate of drug-likeness (QED) is 0.734. The first-order valence-electron chi connectivity index (χ1n) is 8.78. The van der Waals surface area contributed by atoms with Crippen LogP contribution in [0.5, 0.6) is 0 Å². The van der Waals surface area contributed by atoms with E-state index in [0.717, 1.165) is 24.9 Å². The van der Waals surface area contributed by atoms with E-state index < -0.39 is 0 Å². The number of hydrogen-bond acceptors (Lipinski definition) is 1. The van der Waals surface area contributed by atoms with Crippen molar-refractivity contribution in [2.75, 3.05) is 13.1 Å². The Hall–Kier alpha value is -0.820. The van der Waals surface area contributed by atoms with Crippen molar-refractivity contribution in [3.05, 3.63) is 35.4 Å². The minimum Gasteiger partial charge on any atom is -0.316 e. The largest absolute Gasteiger partial charge is 0.316 e. The van der Waals surface area contributed by atoms with Crippen LogP contribution in [-0.2, 0) is 5.41 Å². The third kappa shape index (κ3) is 3.88. The standard InChI is InChI=1S/C20H33N/c1-6-17-11-20(12-17,14-21-13-15(2)3)19-9-7-18(8-10-19)16(4)5/h7-10,15-17,21H,6,11-14H2,1-5H3. The summed E-state index contributed by atoms with van der Waals surface area (Å²) in [6.07, 6.45) is 4.04. The molecule has 0 heterocycles. The highest BCUT2D eigenvalue weighted by molar-refractivity contribution is 5.33. The molecule has 1 aromatic carbocycles. The lowest BCUT2D eigenvalue weighted by molar-refractivity contribution is 0.133. The Kier molecular flexibility index (Phi) is 5.48. The van der Waals surface area contributed by atoms with Crippen molar-refractivity contribution in [1.82, 2.24) is 5.32 Å². The molecule has 1 saturated carbocycles. The topological polar surface area (TPSA) is 12.0 Å². The van der Waals surface area contributed by atoms with Crippen LogP contribution in [0.2, 0.25) is 0 Å². The summed E-state index contributed by atoms with van der Waals surface area (Å²) in [7, 11) is 0. The molecule has 0 saturated heterocycles. The minimum absolute atomic E-state index is 0.394. The maximum absolute atomic E-state index is 3.71. The summed E-state index contributed by atoms with van der Waals surface area (Å²) in [6.45, 7) is 13.7. The van der Waals surface area contributed by atoms with Gasteiger partial charge in [0.2, 0.25) is 0 Å². The zero-order chi connectivity index (χ0) is 15.5. The van der Waals surface area contributed by atoms with Crippen molar-refractivity contribution in [3.63, 3.8) is 0 Å². The first-order chi connectivity index (χ1) is 9.97. The van der Waals surface area contributed by atoms with Gasteiger partial charge in [-0.2, -0.15) is 0 Å². The average molecular weight is 287 g/mol. The van der Waals surface area contributed by atoms with Gasteiger partial charge in [-0.25, -0.2) is 0 Å². The summed E-state index contributed by atoms with van der Waals surface area (Å²) < 4.78 is 0. The molecule has 1 fully saturated rings. The van der Waals surface area contributed by atoms with Crippen LogP contribution in [0.25, 0.3) is 0 Å². The lowest BCUT2D eigenvalue weighted by atomic mass is 9.57. The van der Waals surface area contributed by atoms with E-state index in [2.05, 4.69) is 64.2 Å². The summed E-state index contributed by atoms with van der Waals surface area (Å²) in [5, 5.41) is 3.71. The third-order valence-electron chi connectivity index (χ3n) is 5.14. The Morgan fingerprint density at radius 3 is 2.19 bits per heavy atom. The minimum atomic E-state index is 0.394. The summed E-state index contributed by atoms with van der Waals surface area (Å²) in [5.74, 6) is 2.28. The molecule has 118 valence electrons. The molecule has 1 nitrogen and oxygen atoms in total. The van der Waals surface area contributed by atoms with Gasteiger partial charge in [-0.3, -0.25) is 0 Å². The Morgan fingerprint density at radius 1 is 1.10 bits per heavy atom. The third-order valence-corrected chi connectivity index (χ3v) is 5.14. The molecule has 21 heavy (non-hydrogen) atoms. The van der Waals surface area contributed by atoms with E-state index in [4.69, 9.17) is 0 Å². The smallest absolute Gasteiger partial charge is 0.00830 e. The molecule has 1 heteroatoms. The van der Waals surface area contributed by atoms with Gasteiger partial charge in [-0.05, 0) is 48.3 Å². The second kappa shape index (κ2) is 6.96. The van der Waals surface area contributed by atoms with Crippen LogP contribution in [-0.4, -0.2) is 13.1 Å². The maximum Gasteiger partial charge on any atom is 0.00830 e. The van der Waals surface area contributed by atoms with Crippen LogP contribution < -0.4 is 5.32 Å². The van der Waals surface area contributed by atoms with Crippen LogP contribution in [0.3, 0.4) is 0 Å². The van der Waals surface area contributed by atoms with Crippen LogP contribution in [0.15, 0.2) is 24.3 Å². The van der Waals surface area contributed by atoms with Crippen LogP contribution in [0.1, 0.15) is 70.9 Å². The van der Waals surface area contributed by atoms with E-state index in [1.165, 1.54) is 24.8 Å². The lowest BCUT2D eigenvalue weighted by Gasteiger charge is -2.49. The lowest BCUT2D eigenvalue weighted by Crippen LogP contribution is -2.49. The van der Waals surface area contributed by atoms with E-state index in [1.807, 2.05) is 0 Å². The number of rotatable bonds is 7. The van der Waals surface area contributed by atoms with Crippen molar-refractivity contribution in [2.24, 2.45) is 11.8 Å². The predicted octanol–water partition coefficient (Wildman–Crippen LogP) is 5.11. The van der Waals surface area contributed by atoms with Crippen molar-refractivity contribution >= 4 is 0 Å². The fourth-order valence-corrected chi connectivity index (χ4v) is 3.64. The summed E-state index contributed by atoms with van der Waals surface area (Å²) in [4.78, 5) is 0.